The van der Waals surface area contributed by atoms with Crippen LogP contribution in [0.3, 0.4) is 0 Å². The smallest absolute Gasteiger partial charge is 0.406 e. The predicted molar refractivity (Wildman–Crippen MR) is 75.0 cm³/mol. The van der Waals surface area contributed by atoms with Crippen molar-refractivity contribution in [2.24, 2.45) is 7.05 Å². The predicted octanol–water partition coefficient (Wildman–Crippen LogP) is 1.97. The summed E-state index contributed by atoms with van der Waals surface area (Å²) in [5, 5.41) is 11.0. The second kappa shape index (κ2) is 5.60. The van der Waals surface area contributed by atoms with E-state index in [1.54, 1.807) is 30.7 Å². The van der Waals surface area contributed by atoms with Crippen LogP contribution in [0.15, 0.2) is 30.6 Å². The van der Waals surface area contributed by atoms with Crippen LogP contribution in [-0.2, 0) is 13.6 Å². The molecule has 0 fully saturated rings. The van der Waals surface area contributed by atoms with Gasteiger partial charge < -0.3 is 19.8 Å². The minimum Gasteiger partial charge on any atom is -0.496 e. The molecule has 2 rings (SSSR count). The van der Waals surface area contributed by atoms with E-state index in [4.69, 9.17) is 4.74 Å². The minimum atomic E-state index is -0.478. The summed E-state index contributed by atoms with van der Waals surface area (Å²) in [6.07, 6.45) is 1.44. The monoisotopic (exact) mass is 276 g/mol. The number of nitro groups is 1. The van der Waals surface area contributed by atoms with Gasteiger partial charge in [-0.25, -0.2) is 0 Å². The number of benzene rings is 1. The van der Waals surface area contributed by atoms with Crippen LogP contribution < -0.4 is 9.64 Å². The number of methoxy groups -OCH3 is 1. The molecule has 20 heavy (non-hydrogen) atoms. The number of imidazole rings is 1. The summed E-state index contributed by atoms with van der Waals surface area (Å²) in [4.78, 5) is 16.1. The van der Waals surface area contributed by atoms with Crippen molar-refractivity contribution in [1.29, 1.82) is 0 Å². The fourth-order valence-electron chi connectivity index (χ4n) is 2.14. The summed E-state index contributed by atoms with van der Waals surface area (Å²) in [6.45, 7) is 0.490. The fourth-order valence-corrected chi connectivity index (χ4v) is 2.14. The molecule has 1 aromatic heterocycles. The van der Waals surface area contributed by atoms with Crippen LogP contribution >= 0.6 is 0 Å². The molecular weight excluding hydrogens is 260 g/mol. The number of nitrogens with zero attached hydrogens (tertiary/aromatic N) is 4. The Hall–Kier alpha value is -2.57. The first-order chi connectivity index (χ1) is 9.54. The Labute approximate surface area is 116 Å². The lowest BCUT2D eigenvalue weighted by molar-refractivity contribution is -0.388. The molecule has 0 aliphatic carbocycles. The molecule has 0 saturated carbocycles. The molecule has 0 amide bonds. The highest BCUT2D eigenvalue weighted by Crippen LogP contribution is 2.27. The summed E-state index contributed by atoms with van der Waals surface area (Å²) in [5.74, 6) is 1.06. The molecule has 0 aliphatic rings. The lowest BCUT2D eigenvalue weighted by Gasteiger charge is -2.19. The van der Waals surface area contributed by atoms with E-state index in [2.05, 4.69) is 4.98 Å². The lowest BCUT2D eigenvalue weighted by atomic mass is 10.2. The number of aryl methyl sites for hydroxylation is 1. The van der Waals surface area contributed by atoms with Crippen molar-refractivity contribution in [3.05, 3.63) is 46.3 Å². The molecule has 0 atom stereocenters. The second-order valence-electron chi connectivity index (χ2n) is 4.43. The van der Waals surface area contributed by atoms with Crippen LogP contribution in [0.4, 0.5) is 11.6 Å². The zero-order valence-electron chi connectivity index (χ0n) is 11.6. The van der Waals surface area contributed by atoms with E-state index in [0.29, 0.717) is 12.4 Å². The van der Waals surface area contributed by atoms with Gasteiger partial charge in [-0.3, -0.25) is 4.57 Å². The molecule has 0 aliphatic heterocycles. The van der Waals surface area contributed by atoms with Gasteiger partial charge in [0.2, 0.25) is 12.1 Å². The van der Waals surface area contributed by atoms with Crippen molar-refractivity contribution < 1.29 is 9.66 Å². The minimum absolute atomic E-state index is 0.148. The molecule has 0 unspecified atom stereocenters. The number of rotatable bonds is 5. The van der Waals surface area contributed by atoms with Crippen molar-refractivity contribution in [1.82, 2.24) is 9.55 Å². The summed E-state index contributed by atoms with van der Waals surface area (Å²) >= 11 is 0. The van der Waals surface area contributed by atoms with Gasteiger partial charge in [-0.05, 0) is 16.0 Å². The molecule has 0 radical (unpaired) electrons. The first kappa shape index (κ1) is 13.9. The third-order valence-electron chi connectivity index (χ3n) is 3.02. The molecule has 0 bridgehead atoms. The molecule has 0 saturated heterocycles. The average Bonchev–Trinajstić information content (AvgIpc) is 2.81. The SMILES string of the molecule is COc1ccccc1CN(C)c1c([N+](=O)[O-])ncn1C. The van der Waals surface area contributed by atoms with E-state index in [1.807, 2.05) is 24.3 Å². The molecule has 7 nitrogen and oxygen atoms in total. The Balaban J connectivity index is 2.31. The van der Waals surface area contributed by atoms with Gasteiger partial charge in [-0.15, -0.1) is 0 Å². The Morgan fingerprint density at radius 3 is 2.80 bits per heavy atom. The van der Waals surface area contributed by atoms with Gasteiger partial charge in [-0.1, -0.05) is 18.2 Å². The highest BCUT2D eigenvalue weighted by atomic mass is 16.6. The fraction of sp³-hybridized carbons (Fsp3) is 0.308. The lowest BCUT2D eigenvalue weighted by Crippen LogP contribution is -2.20. The van der Waals surface area contributed by atoms with Crippen LogP contribution in [0, 0.1) is 10.1 Å². The van der Waals surface area contributed by atoms with Crippen molar-refractivity contribution in [3.8, 4) is 5.75 Å². The summed E-state index contributed by atoms with van der Waals surface area (Å²) in [5.41, 5.74) is 0.952. The van der Waals surface area contributed by atoms with Crippen molar-refractivity contribution in [3.63, 3.8) is 0 Å². The molecular formula is C13H16N4O3. The Kier molecular flexibility index (Phi) is 3.88. The zero-order valence-corrected chi connectivity index (χ0v) is 11.6. The van der Waals surface area contributed by atoms with E-state index in [-0.39, 0.29) is 5.82 Å². The van der Waals surface area contributed by atoms with Crippen molar-refractivity contribution in [2.75, 3.05) is 19.1 Å². The van der Waals surface area contributed by atoms with Crippen LogP contribution in [-0.4, -0.2) is 28.6 Å². The quantitative estimate of drug-likeness (QED) is 0.616. The highest BCUT2D eigenvalue weighted by Gasteiger charge is 2.23. The number of ether oxygens (including phenoxy) is 1. The van der Waals surface area contributed by atoms with E-state index in [1.165, 1.54) is 6.33 Å². The normalized spacial score (nSPS) is 10.3. The standard InChI is InChI=1S/C13H16N4O3/c1-15(8-10-6-4-5-7-11(10)20-3)13-12(17(18)19)14-9-16(13)2/h4-7,9H,8H2,1-3H3. The summed E-state index contributed by atoms with van der Waals surface area (Å²) in [7, 11) is 5.12. The van der Waals surface area contributed by atoms with E-state index in [9.17, 15) is 10.1 Å². The highest BCUT2D eigenvalue weighted by molar-refractivity contribution is 5.54. The molecule has 2 aromatic rings. The van der Waals surface area contributed by atoms with Crippen LogP contribution in [0.5, 0.6) is 5.75 Å². The van der Waals surface area contributed by atoms with Gasteiger partial charge in [0, 0.05) is 26.2 Å². The number of hydrogen-bond acceptors (Lipinski definition) is 5. The van der Waals surface area contributed by atoms with Crippen LogP contribution in [0.2, 0.25) is 0 Å². The van der Waals surface area contributed by atoms with Crippen molar-refractivity contribution >= 4 is 11.6 Å². The molecule has 106 valence electrons. The van der Waals surface area contributed by atoms with Gasteiger partial charge in [0.1, 0.15) is 5.75 Å². The van der Waals surface area contributed by atoms with Crippen LogP contribution in [0.1, 0.15) is 5.56 Å². The van der Waals surface area contributed by atoms with Crippen LogP contribution in [0.25, 0.3) is 0 Å². The van der Waals surface area contributed by atoms with E-state index in [0.717, 1.165) is 11.3 Å². The summed E-state index contributed by atoms with van der Waals surface area (Å²) < 4.78 is 6.92. The molecule has 1 heterocycles. The van der Waals surface area contributed by atoms with Gasteiger partial charge >= 0.3 is 5.82 Å². The Morgan fingerprint density at radius 2 is 2.15 bits per heavy atom. The molecule has 1 aromatic carbocycles. The Morgan fingerprint density at radius 1 is 1.45 bits per heavy atom. The third-order valence-corrected chi connectivity index (χ3v) is 3.02. The topological polar surface area (TPSA) is 73.4 Å². The van der Waals surface area contributed by atoms with Crippen molar-refractivity contribution in [2.45, 2.75) is 6.54 Å². The van der Waals surface area contributed by atoms with E-state index < -0.39 is 4.92 Å². The molecule has 7 heteroatoms. The number of para-hydroxylation sites is 1. The maximum absolute atomic E-state index is 11.0. The number of aromatic nitrogens is 2. The maximum atomic E-state index is 11.0. The summed E-state index contributed by atoms with van der Waals surface area (Å²) in [6, 6.07) is 7.58. The molecule has 0 spiro atoms. The maximum Gasteiger partial charge on any atom is 0.406 e. The van der Waals surface area contributed by atoms with Gasteiger partial charge in [0.15, 0.2) is 0 Å². The Bertz CT molecular complexity index is 624. The zero-order chi connectivity index (χ0) is 14.7. The third kappa shape index (κ3) is 2.56. The van der Waals surface area contributed by atoms with E-state index >= 15 is 0 Å². The van der Waals surface area contributed by atoms with Gasteiger partial charge in [-0.2, -0.15) is 0 Å². The second-order valence-corrected chi connectivity index (χ2v) is 4.43. The molecule has 0 N–H and O–H groups in total. The largest absolute Gasteiger partial charge is 0.496 e. The van der Waals surface area contributed by atoms with Gasteiger partial charge in [0.25, 0.3) is 0 Å². The number of anilines is 1. The average molecular weight is 276 g/mol. The van der Waals surface area contributed by atoms with Gasteiger partial charge in [0.05, 0.1) is 7.11 Å². The number of hydrogen-bond donors (Lipinski definition) is 0. The first-order valence-corrected chi connectivity index (χ1v) is 6.03. The first-order valence-electron chi connectivity index (χ1n) is 6.03.